The van der Waals surface area contributed by atoms with Crippen molar-refractivity contribution in [1.29, 1.82) is 0 Å². The summed E-state index contributed by atoms with van der Waals surface area (Å²) in [5.41, 5.74) is 2.60. The minimum atomic E-state index is -0.278. The van der Waals surface area contributed by atoms with Crippen LogP contribution in [-0.4, -0.2) is 58.7 Å². The molecule has 0 bridgehead atoms. The van der Waals surface area contributed by atoms with Crippen molar-refractivity contribution in [2.75, 3.05) is 31.5 Å². The predicted molar refractivity (Wildman–Crippen MR) is 117 cm³/mol. The number of nitrogens with one attached hydrogen (secondary N) is 1. The fraction of sp³-hybridized carbons (Fsp3) is 0.182. The highest BCUT2D eigenvalue weighted by molar-refractivity contribution is 7.21. The van der Waals surface area contributed by atoms with Crippen molar-refractivity contribution >= 4 is 45.0 Å². The monoisotopic (exact) mass is 420 g/mol. The second kappa shape index (κ2) is 8.46. The summed E-state index contributed by atoms with van der Waals surface area (Å²) in [6.07, 6.45) is 1.19. The third-order valence-corrected chi connectivity index (χ3v) is 5.93. The Labute approximate surface area is 177 Å². The second-order valence-corrected chi connectivity index (χ2v) is 7.92. The molecule has 1 aliphatic rings. The van der Waals surface area contributed by atoms with Gasteiger partial charge in [-0.25, -0.2) is 4.98 Å². The molecule has 2 aromatic carbocycles. The number of anilines is 1. The third-order valence-electron chi connectivity index (χ3n) is 4.85. The number of hydrogen-bond acceptors (Lipinski definition) is 5. The van der Waals surface area contributed by atoms with Crippen molar-refractivity contribution in [2.45, 2.75) is 0 Å². The van der Waals surface area contributed by atoms with Gasteiger partial charge in [0.2, 0.25) is 17.7 Å². The van der Waals surface area contributed by atoms with Gasteiger partial charge in [-0.15, -0.1) is 11.3 Å². The van der Waals surface area contributed by atoms with Crippen LogP contribution in [0.25, 0.3) is 20.8 Å². The number of para-hydroxylation sites is 1. The van der Waals surface area contributed by atoms with Crippen molar-refractivity contribution < 1.29 is 14.4 Å². The predicted octanol–water partition coefficient (Wildman–Crippen LogP) is 2.76. The molecule has 0 saturated carbocycles. The molecule has 2 heterocycles. The first kappa shape index (κ1) is 19.8. The maximum atomic E-state index is 12.4. The van der Waals surface area contributed by atoms with Crippen LogP contribution in [-0.2, 0) is 14.4 Å². The number of rotatable bonds is 5. The first-order valence-corrected chi connectivity index (χ1v) is 10.3. The molecule has 30 heavy (non-hydrogen) atoms. The lowest BCUT2D eigenvalue weighted by molar-refractivity contribution is -0.144. The second-order valence-electron chi connectivity index (χ2n) is 6.89. The van der Waals surface area contributed by atoms with E-state index < -0.39 is 0 Å². The quantitative estimate of drug-likeness (QED) is 0.644. The van der Waals surface area contributed by atoms with Crippen LogP contribution in [0.3, 0.4) is 0 Å². The molecule has 1 aromatic heterocycles. The molecule has 1 aliphatic heterocycles. The minimum absolute atomic E-state index is 0.0327. The molecule has 0 atom stereocenters. The van der Waals surface area contributed by atoms with E-state index in [1.54, 1.807) is 11.3 Å². The van der Waals surface area contributed by atoms with E-state index >= 15 is 0 Å². The van der Waals surface area contributed by atoms with Gasteiger partial charge >= 0.3 is 0 Å². The number of thiazole rings is 1. The Hall–Kier alpha value is -3.52. The van der Waals surface area contributed by atoms with Crippen LogP contribution in [0, 0.1) is 0 Å². The fourth-order valence-corrected chi connectivity index (χ4v) is 4.23. The van der Waals surface area contributed by atoms with Gasteiger partial charge < -0.3 is 15.1 Å². The highest BCUT2D eigenvalue weighted by atomic mass is 32.1. The van der Waals surface area contributed by atoms with Gasteiger partial charge in [0.25, 0.3) is 0 Å². The van der Waals surface area contributed by atoms with Gasteiger partial charge in [0.15, 0.2) is 0 Å². The Balaban J connectivity index is 1.35. The molecule has 0 radical (unpaired) electrons. The van der Waals surface area contributed by atoms with Crippen LogP contribution in [0.15, 0.2) is 61.2 Å². The third kappa shape index (κ3) is 4.23. The van der Waals surface area contributed by atoms with Crippen LogP contribution in [0.1, 0.15) is 0 Å². The summed E-state index contributed by atoms with van der Waals surface area (Å²) in [4.78, 5) is 43.7. The smallest absolute Gasteiger partial charge is 0.246 e. The summed E-state index contributed by atoms with van der Waals surface area (Å²) in [6.45, 7) is 4.06. The SMILES string of the molecule is C=CC(=O)N1CCN(CC(=O)Nc2ccc(-c3nc4ccccc4s3)cc2)C(=O)C1. The lowest BCUT2D eigenvalue weighted by Crippen LogP contribution is -2.53. The Kier molecular flexibility index (Phi) is 5.58. The molecule has 152 valence electrons. The maximum absolute atomic E-state index is 12.4. The Bertz CT molecular complexity index is 1090. The van der Waals surface area contributed by atoms with Crippen molar-refractivity contribution in [3.63, 3.8) is 0 Å². The van der Waals surface area contributed by atoms with E-state index in [2.05, 4.69) is 16.9 Å². The number of piperazine rings is 1. The summed E-state index contributed by atoms with van der Waals surface area (Å²) in [5, 5.41) is 3.74. The van der Waals surface area contributed by atoms with E-state index in [-0.39, 0.29) is 30.8 Å². The largest absolute Gasteiger partial charge is 0.330 e. The normalized spacial score (nSPS) is 14.1. The zero-order chi connectivity index (χ0) is 21.1. The molecule has 4 rings (SSSR count). The highest BCUT2D eigenvalue weighted by Crippen LogP contribution is 2.30. The Morgan fingerprint density at radius 3 is 2.60 bits per heavy atom. The van der Waals surface area contributed by atoms with E-state index in [1.165, 1.54) is 15.9 Å². The summed E-state index contributed by atoms with van der Waals surface area (Å²) in [7, 11) is 0. The van der Waals surface area contributed by atoms with Crippen molar-refractivity contribution in [3.05, 3.63) is 61.2 Å². The molecule has 8 heteroatoms. The standard InChI is InChI=1S/C22H20N4O3S/c1-2-20(28)26-12-11-25(21(29)14-26)13-19(27)23-16-9-7-15(8-10-16)22-24-17-5-3-4-6-18(17)30-22/h2-10H,1,11-14H2,(H,23,27). The van der Waals surface area contributed by atoms with Crippen LogP contribution >= 0.6 is 11.3 Å². The van der Waals surface area contributed by atoms with Gasteiger partial charge in [-0.05, 0) is 42.5 Å². The highest BCUT2D eigenvalue weighted by Gasteiger charge is 2.27. The van der Waals surface area contributed by atoms with Crippen LogP contribution in [0.4, 0.5) is 5.69 Å². The van der Waals surface area contributed by atoms with Crippen LogP contribution < -0.4 is 5.32 Å². The van der Waals surface area contributed by atoms with Gasteiger partial charge in [-0.3, -0.25) is 14.4 Å². The van der Waals surface area contributed by atoms with E-state index in [4.69, 9.17) is 0 Å². The molecule has 1 N–H and O–H groups in total. The van der Waals surface area contributed by atoms with Crippen molar-refractivity contribution in [3.8, 4) is 10.6 Å². The van der Waals surface area contributed by atoms with Gasteiger partial charge in [-0.1, -0.05) is 18.7 Å². The van der Waals surface area contributed by atoms with E-state index in [1.807, 2.05) is 48.5 Å². The van der Waals surface area contributed by atoms with Crippen molar-refractivity contribution in [1.82, 2.24) is 14.8 Å². The average Bonchev–Trinajstić information content (AvgIpc) is 3.19. The first-order valence-electron chi connectivity index (χ1n) is 9.48. The zero-order valence-electron chi connectivity index (χ0n) is 16.2. The molecule has 1 saturated heterocycles. The van der Waals surface area contributed by atoms with E-state index in [0.717, 1.165) is 20.8 Å². The fourth-order valence-electron chi connectivity index (χ4n) is 3.26. The molecule has 3 aromatic rings. The number of carbonyl (C=O) groups excluding carboxylic acids is 3. The molecule has 1 fully saturated rings. The van der Waals surface area contributed by atoms with E-state index in [9.17, 15) is 14.4 Å². The lowest BCUT2D eigenvalue weighted by Gasteiger charge is -2.33. The maximum Gasteiger partial charge on any atom is 0.246 e. The van der Waals surface area contributed by atoms with Crippen LogP contribution in [0.5, 0.6) is 0 Å². The molecule has 0 spiro atoms. The van der Waals surface area contributed by atoms with E-state index in [0.29, 0.717) is 18.8 Å². The molecule has 7 nitrogen and oxygen atoms in total. The summed E-state index contributed by atoms with van der Waals surface area (Å²) < 4.78 is 1.13. The van der Waals surface area contributed by atoms with Gasteiger partial charge in [0.1, 0.15) is 11.6 Å². The van der Waals surface area contributed by atoms with Gasteiger partial charge in [-0.2, -0.15) is 0 Å². The lowest BCUT2D eigenvalue weighted by atomic mass is 10.2. The molecule has 0 unspecified atom stereocenters. The Morgan fingerprint density at radius 1 is 1.13 bits per heavy atom. The summed E-state index contributed by atoms with van der Waals surface area (Å²) in [6, 6.07) is 15.5. The minimum Gasteiger partial charge on any atom is -0.330 e. The number of fused-ring (bicyclic) bond motifs is 1. The van der Waals surface area contributed by atoms with Gasteiger partial charge in [0, 0.05) is 24.3 Å². The average molecular weight is 420 g/mol. The summed E-state index contributed by atoms with van der Waals surface area (Å²) in [5.74, 6) is -0.807. The summed E-state index contributed by atoms with van der Waals surface area (Å²) >= 11 is 1.62. The van der Waals surface area contributed by atoms with Crippen LogP contribution in [0.2, 0.25) is 0 Å². The number of hydrogen-bond donors (Lipinski definition) is 1. The molecular formula is C22H20N4O3S. The molecule has 0 aliphatic carbocycles. The number of benzene rings is 2. The number of nitrogens with zero attached hydrogens (tertiary/aromatic N) is 3. The zero-order valence-corrected chi connectivity index (χ0v) is 17.0. The first-order chi connectivity index (χ1) is 14.5. The van der Waals surface area contributed by atoms with Crippen molar-refractivity contribution in [2.24, 2.45) is 0 Å². The topological polar surface area (TPSA) is 82.6 Å². The van der Waals surface area contributed by atoms with Gasteiger partial charge in [0.05, 0.1) is 16.8 Å². The number of carbonyl (C=O) groups is 3. The Morgan fingerprint density at radius 2 is 1.90 bits per heavy atom. The number of aromatic nitrogens is 1. The number of amides is 3. The molecule has 3 amide bonds. The molecular weight excluding hydrogens is 400 g/mol.